The molecular formula is C19H26N2O4S2. The van der Waals surface area contributed by atoms with Crippen LogP contribution in [0, 0.1) is 5.41 Å². The van der Waals surface area contributed by atoms with E-state index in [1.54, 1.807) is 6.20 Å². The topological polar surface area (TPSA) is 84.4 Å². The molecule has 0 spiro atoms. The molecular weight excluding hydrogens is 384 g/mol. The van der Waals surface area contributed by atoms with Crippen LogP contribution in [0.3, 0.4) is 0 Å². The Labute approximate surface area is 162 Å². The number of benzene rings is 1. The molecule has 8 heteroatoms. The zero-order valence-corrected chi connectivity index (χ0v) is 17.9. The van der Waals surface area contributed by atoms with E-state index in [1.807, 2.05) is 39.0 Å². The number of aromatic nitrogens is 1. The van der Waals surface area contributed by atoms with E-state index < -0.39 is 19.9 Å². The molecule has 27 heavy (non-hydrogen) atoms. The Hall–Kier alpha value is -1.77. The zero-order valence-electron chi connectivity index (χ0n) is 16.2. The molecule has 0 aliphatic rings. The molecule has 0 N–H and O–H groups in total. The van der Waals surface area contributed by atoms with Crippen LogP contribution in [0.5, 0.6) is 0 Å². The summed E-state index contributed by atoms with van der Waals surface area (Å²) in [6.45, 7) is 5.92. The van der Waals surface area contributed by atoms with E-state index in [-0.39, 0.29) is 21.2 Å². The smallest absolute Gasteiger partial charge is 0.243 e. The highest BCUT2D eigenvalue weighted by Crippen LogP contribution is 2.30. The van der Waals surface area contributed by atoms with Crippen molar-refractivity contribution in [1.29, 1.82) is 0 Å². The van der Waals surface area contributed by atoms with Gasteiger partial charge in [0.1, 0.15) is 0 Å². The number of nitrogens with zero attached hydrogens (tertiary/aromatic N) is 2. The Balaban J connectivity index is 2.46. The first-order valence-electron chi connectivity index (χ1n) is 8.51. The van der Waals surface area contributed by atoms with Crippen molar-refractivity contribution in [2.75, 3.05) is 13.3 Å². The summed E-state index contributed by atoms with van der Waals surface area (Å²) in [7, 11) is -5.86. The molecule has 1 atom stereocenters. The maximum atomic E-state index is 13.2. The van der Waals surface area contributed by atoms with Gasteiger partial charge in [0.2, 0.25) is 10.0 Å². The van der Waals surface area contributed by atoms with Crippen LogP contribution in [-0.4, -0.2) is 45.5 Å². The van der Waals surface area contributed by atoms with Crippen LogP contribution in [0.2, 0.25) is 0 Å². The summed E-state index contributed by atoms with van der Waals surface area (Å²) in [6, 6.07) is 10.6. The number of rotatable bonds is 6. The molecule has 0 bridgehead atoms. The van der Waals surface area contributed by atoms with Crippen LogP contribution in [0.25, 0.3) is 0 Å². The van der Waals surface area contributed by atoms with Crippen molar-refractivity contribution in [2.24, 2.45) is 5.41 Å². The predicted octanol–water partition coefficient (Wildman–Crippen LogP) is 2.76. The predicted molar refractivity (Wildman–Crippen MR) is 106 cm³/mol. The zero-order chi connectivity index (χ0) is 20.5. The largest absolute Gasteiger partial charge is 0.261 e. The van der Waals surface area contributed by atoms with E-state index in [4.69, 9.17) is 0 Å². The summed E-state index contributed by atoms with van der Waals surface area (Å²) in [5, 5.41) is 0. The SMILES string of the molecule is CN([C@@H](Cc1ccccn1)C(C)(C)C)S(=O)(=O)c1cccc(S(C)(=O)=O)c1. The summed E-state index contributed by atoms with van der Waals surface area (Å²) in [5.74, 6) is 0. The van der Waals surface area contributed by atoms with Crippen molar-refractivity contribution in [3.05, 3.63) is 54.4 Å². The van der Waals surface area contributed by atoms with Crippen molar-refractivity contribution < 1.29 is 16.8 Å². The highest BCUT2D eigenvalue weighted by Gasteiger charge is 2.36. The minimum absolute atomic E-state index is 0.0194. The van der Waals surface area contributed by atoms with Crippen LogP contribution < -0.4 is 0 Å². The molecule has 1 aromatic carbocycles. The highest BCUT2D eigenvalue weighted by atomic mass is 32.2. The van der Waals surface area contributed by atoms with E-state index in [1.165, 1.54) is 35.6 Å². The van der Waals surface area contributed by atoms with Crippen molar-refractivity contribution in [1.82, 2.24) is 9.29 Å². The van der Waals surface area contributed by atoms with Crippen molar-refractivity contribution >= 4 is 19.9 Å². The number of likely N-dealkylation sites (N-methyl/N-ethyl adjacent to an activating group) is 1. The minimum Gasteiger partial charge on any atom is -0.261 e. The molecule has 2 rings (SSSR count). The summed E-state index contributed by atoms with van der Waals surface area (Å²) in [5.41, 5.74) is 0.442. The lowest BCUT2D eigenvalue weighted by molar-refractivity contribution is 0.196. The second-order valence-corrected chi connectivity index (χ2v) is 11.7. The Morgan fingerprint density at radius 2 is 1.63 bits per heavy atom. The molecule has 0 saturated carbocycles. The summed E-state index contributed by atoms with van der Waals surface area (Å²) < 4.78 is 51.3. The Morgan fingerprint density at radius 1 is 1.00 bits per heavy atom. The summed E-state index contributed by atoms with van der Waals surface area (Å²) in [4.78, 5) is 4.26. The van der Waals surface area contributed by atoms with Gasteiger partial charge >= 0.3 is 0 Å². The molecule has 0 unspecified atom stereocenters. The van der Waals surface area contributed by atoms with Gasteiger partial charge < -0.3 is 0 Å². The molecule has 0 saturated heterocycles. The van der Waals surface area contributed by atoms with Gasteiger partial charge in [0.15, 0.2) is 9.84 Å². The van der Waals surface area contributed by atoms with Crippen LogP contribution in [0.15, 0.2) is 58.5 Å². The van der Waals surface area contributed by atoms with Crippen molar-refractivity contribution in [3.8, 4) is 0 Å². The number of sulfone groups is 1. The average molecular weight is 411 g/mol. The third-order valence-electron chi connectivity index (χ3n) is 4.48. The van der Waals surface area contributed by atoms with Gasteiger partial charge in [-0.05, 0) is 35.7 Å². The molecule has 0 aliphatic heterocycles. The molecule has 0 amide bonds. The van der Waals surface area contributed by atoms with Crippen LogP contribution in [0.4, 0.5) is 0 Å². The van der Waals surface area contributed by atoms with Crippen LogP contribution >= 0.6 is 0 Å². The molecule has 6 nitrogen and oxygen atoms in total. The van der Waals surface area contributed by atoms with Gasteiger partial charge in [0, 0.05) is 37.7 Å². The fourth-order valence-electron chi connectivity index (χ4n) is 2.90. The number of pyridine rings is 1. The maximum absolute atomic E-state index is 13.2. The van der Waals surface area contributed by atoms with Crippen molar-refractivity contribution in [3.63, 3.8) is 0 Å². The van der Waals surface area contributed by atoms with Gasteiger partial charge in [-0.25, -0.2) is 16.8 Å². The van der Waals surface area contributed by atoms with Gasteiger partial charge in [-0.2, -0.15) is 4.31 Å². The third kappa shape index (κ3) is 5.15. The Kier molecular flexibility index (Phi) is 6.13. The first-order valence-corrected chi connectivity index (χ1v) is 11.8. The third-order valence-corrected chi connectivity index (χ3v) is 7.45. The lowest BCUT2D eigenvalue weighted by Crippen LogP contribution is -2.46. The first kappa shape index (κ1) is 21.5. The molecule has 1 aromatic heterocycles. The Morgan fingerprint density at radius 3 is 2.15 bits per heavy atom. The second-order valence-electron chi connectivity index (χ2n) is 7.68. The number of hydrogen-bond donors (Lipinski definition) is 0. The molecule has 2 aromatic rings. The van der Waals surface area contributed by atoms with Crippen LogP contribution in [-0.2, 0) is 26.3 Å². The first-order chi connectivity index (χ1) is 12.3. The van der Waals surface area contributed by atoms with Gasteiger partial charge in [-0.3, -0.25) is 4.98 Å². The summed E-state index contributed by atoms with van der Waals surface area (Å²) in [6.07, 6.45) is 3.19. The average Bonchev–Trinajstić information content (AvgIpc) is 2.58. The standard InChI is InChI=1S/C19H26N2O4S2/c1-19(2,3)18(13-15-9-6-7-12-20-15)21(4)27(24,25)17-11-8-10-16(14-17)26(5,22)23/h6-12,14,18H,13H2,1-5H3/t18-/m0/s1. The number of sulfonamides is 1. The maximum Gasteiger partial charge on any atom is 0.243 e. The monoisotopic (exact) mass is 410 g/mol. The fraction of sp³-hybridized carbons (Fsp3) is 0.421. The van der Waals surface area contributed by atoms with Gasteiger partial charge in [0.05, 0.1) is 9.79 Å². The minimum atomic E-state index is -3.88. The lowest BCUT2D eigenvalue weighted by Gasteiger charge is -2.37. The Bertz CT molecular complexity index is 996. The summed E-state index contributed by atoms with van der Waals surface area (Å²) >= 11 is 0. The van der Waals surface area contributed by atoms with Crippen molar-refractivity contribution in [2.45, 2.75) is 43.0 Å². The second kappa shape index (κ2) is 7.69. The normalized spacial score (nSPS) is 14.3. The molecule has 1 heterocycles. The molecule has 0 aliphatic carbocycles. The van der Waals surface area contributed by atoms with Gasteiger partial charge in [-0.1, -0.05) is 32.9 Å². The lowest BCUT2D eigenvalue weighted by atomic mass is 9.84. The molecule has 148 valence electrons. The van der Waals surface area contributed by atoms with Gasteiger partial charge in [-0.15, -0.1) is 0 Å². The molecule has 0 radical (unpaired) electrons. The van der Waals surface area contributed by atoms with Gasteiger partial charge in [0.25, 0.3) is 0 Å². The quantitative estimate of drug-likeness (QED) is 0.731. The van der Waals surface area contributed by atoms with E-state index in [0.717, 1.165) is 11.9 Å². The number of hydrogen-bond acceptors (Lipinski definition) is 5. The molecule has 0 fully saturated rings. The van der Waals surface area contributed by atoms with E-state index >= 15 is 0 Å². The van der Waals surface area contributed by atoms with E-state index in [2.05, 4.69) is 4.98 Å². The van der Waals surface area contributed by atoms with Crippen LogP contribution in [0.1, 0.15) is 26.5 Å². The fourth-order valence-corrected chi connectivity index (χ4v) is 5.22. The van der Waals surface area contributed by atoms with E-state index in [0.29, 0.717) is 6.42 Å². The highest BCUT2D eigenvalue weighted by molar-refractivity contribution is 7.91. The van der Waals surface area contributed by atoms with E-state index in [9.17, 15) is 16.8 Å².